The Morgan fingerprint density at radius 1 is 1.15 bits per heavy atom. The number of hydrogen-bond donors (Lipinski definition) is 2. The Kier molecular flexibility index (Phi) is 4.00. The zero-order valence-corrected chi connectivity index (χ0v) is 10.8. The zero-order valence-electron chi connectivity index (χ0n) is 10.1. The topological polar surface area (TPSA) is 66.4 Å². The van der Waals surface area contributed by atoms with E-state index >= 15 is 0 Å². The molecule has 4 nitrogen and oxygen atoms in total. The van der Waals surface area contributed by atoms with Crippen molar-refractivity contribution in [3.05, 3.63) is 64.4 Å². The zero-order chi connectivity index (χ0) is 14.7. The lowest BCUT2D eigenvalue weighted by Crippen LogP contribution is -2.14. The van der Waals surface area contributed by atoms with Crippen LogP contribution in [-0.2, 0) is 0 Å². The number of carbonyl (C=O) groups is 2. The predicted octanol–water partition coefficient (Wildman–Crippen LogP) is 3.43. The molecule has 0 aliphatic heterocycles. The van der Waals surface area contributed by atoms with Crippen LogP contribution in [0, 0.1) is 5.82 Å². The van der Waals surface area contributed by atoms with E-state index in [1.807, 2.05) is 0 Å². The number of carbonyl (C=O) groups excluding carboxylic acids is 1. The first kappa shape index (κ1) is 14.0. The van der Waals surface area contributed by atoms with Crippen molar-refractivity contribution in [3.8, 4) is 0 Å². The fourth-order valence-electron chi connectivity index (χ4n) is 1.58. The first-order chi connectivity index (χ1) is 9.49. The lowest BCUT2D eigenvalue weighted by atomic mass is 10.1. The van der Waals surface area contributed by atoms with E-state index in [-0.39, 0.29) is 21.8 Å². The highest BCUT2D eigenvalue weighted by molar-refractivity contribution is 6.34. The average Bonchev–Trinajstić information content (AvgIpc) is 2.41. The second kappa shape index (κ2) is 5.71. The van der Waals surface area contributed by atoms with Crippen LogP contribution < -0.4 is 5.32 Å². The largest absolute Gasteiger partial charge is 0.478 e. The van der Waals surface area contributed by atoms with Crippen LogP contribution in [-0.4, -0.2) is 17.0 Å². The molecule has 0 heterocycles. The van der Waals surface area contributed by atoms with E-state index in [0.29, 0.717) is 0 Å². The Morgan fingerprint density at radius 2 is 1.85 bits per heavy atom. The normalized spacial score (nSPS) is 10.1. The van der Waals surface area contributed by atoms with Crippen LogP contribution in [0.3, 0.4) is 0 Å². The minimum atomic E-state index is -1.13. The fraction of sp³-hybridized carbons (Fsp3) is 0. The third kappa shape index (κ3) is 2.95. The molecule has 6 heteroatoms. The Hall–Kier alpha value is -2.40. The van der Waals surface area contributed by atoms with E-state index in [0.717, 1.165) is 0 Å². The summed E-state index contributed by atoms with van der Waals surface area (Å²) in [5.41, 5.74) is 0.0923. The lowest BCUT2D eigenvalue weighted by molar-refractivity contribution is 0.0696. The SMILES string of the molecule is O=C(O)c1ccc(NC(=O)c2ccccc2F)c(Cl)c1. The van der Waals surface area contributed by atoms with Gasteiger partial charge in [0.1, 0.15) is 5.82 Å². The molecule has 0 unspecified atom stereocenters. The molecule has 2 rings (SSSR count). The number of aromatic carboxylic acids is 1. The maximum Gasteiger partial charge on any atom is 0.335 e. The monoisotopic (exact) mass is 293 g/mol. The van der Waals surface area contributed by atoms with Crippen molar-refractivity contribution in [1.29, 1.82) is 0 Å². The van der Waals surface area contributed by atoms with Crippen LogP contribution in [0.1, 0.15) is 20.7 Å². The molecule has 0 bridgehead atoms. The Labute approximate surface area is 118 Å². The smallest absolute Gasteiger partial charge is 0.335 e. The van der Waals surface area contributed by atoms with E-state index in [2.05, 4.69) is 5.32 Å². The molecule has 20 heavy (non-hydrogen) atoms. The number of amides is 1. The summed E-state index contributed by atoms with van der Waals surface area (Å²) in [6.07, 6.45) is 0. The molecule has 0 radical (unpaired) electrons. The van der Waals surface area contributed by atoms with Crippen molar-refractivity contribution in [2.45, 2.75) is 0 Å². The van der Waals surface area contributed by atoms with Gasteiger partial charge in [0.2, 0.25) is 0 Å². The molecule has 0 spiro atoms. The maximum absolute atomic E-state index is 13.4. The minimum Gasteiger partial charge on any atom is -0.478 e. The van der Waals surface area contributed by atoms with E-state index in [1.54, 1.807) is 0 Å². The summed E-state index contributed by atoms with van der Waals surface area (Å²) in [4.78, 5) is 22.6. The van der Waals surface area contributed by atoms with Gasteiger partial charge in [-0.2, -0.15) is 0 Å². The second-order valence-electron chi connectivity index (χ2n) is 3.93. The van der Waals surface area contributed by atoms with E-state index in [4.69, 9.17) is 16.7 Å². The molecule has 0 aliphatic carbocycles. The summed E-state index contributed by atoms with van der Waals surface area (Å²) < 4.78 is 13.4. The highest BCUT2D eigenvalue weighted by Crippen LogP contribution is 2.24. The van der Waals surface area contributed by atoms with Crippen molar-refractivity contribution in [2.24, 2.45) is 0 Å². The molecular weight excluding hydrogens is 285 g/mol. The van der Waals surface area contributed by atoms with Gasteiger partial charge in [-0.1, -0.05) is 23.7 Å². The summed E-state index contributed by atoms with van der Waals surface area (Å²) >= 11 is 5.87. The van der Waals surface area contributed by atoms with Crippen molar-refractivity contribution < 1.29 is 19.1 Å². The number of nitrogens with one attached hydrogen (secondary N) is 1. The van der Waals surface area contributed by atoms with Gasteiger partial charge in [0.15, 0.2) is 0 Å². The predicted molar refractivity (Wildman–Crippen MR) is 72.8 cm³/mol. The standard InChI is InChI=1S/C14H9ClFNO3/c15-10-7-8(14(19)20)5-6-12(10)17-13(18)9-3-1-2-4-11(9)16/h1-7H,(H,17,18)(H,19,20). The molecule has 102 valence electrons. The first-order valence-electron chi connectivity index (χ1n) is 5.58. The van der Waals surface area contributed by atoms with Gasteiger partial charge in [-0.15, -0.1) is 0 Å². The Bertz CT molecular complexity index is 688. The molecular formula is C14H9ClFNO3. The van der Waals surface area contributed by atoms with Crippen molar-refractivity contribution in [1.82, 2.24) is 0 Å². The summed E-state index contributed by atoms with van der Waals surface area (Å²) in [5.74, 6) is -2.43. The van der Waals surface area contributed by atoms with Crippen molar-refractivity contribution >= 4 is 29.2 Å². The number of carboxylic acid groups (broad SMARTS) is 1. The molecule has 2 N–H and O–H groups in total. The van der Waals surface area contributed by atoms with Crippen LogP contribution in [0.25, 0.3) is 0 Å². The summed E-state index contributed by atoms with van der Waals surface area (Å²) in [5, 5.41) is 11.3. The molecule has 2 aromatic carbocycles. The summed E-state index contributed by atoms with van der Waals surface area (Å²) in [7, 11) is 0. The number of carboxylic acids is 1. The molecule has 0 aromatic heterocycles. The van der Waals surface area contributed by atoms with Gasteiger partial charge >= 0.3 is 5.97 Å². The van der Waals surface area contributed by atoms with Crippen LogP contribution in [0.2, 0.25) is 5.02 Å². The number of benzene rings is 2. The first-order valence-corrected chi connectivity index (χ1v) is 5.95. The van der Waals surface area contributed by atoms with Crippen LogP contribution in [0.15, 0.2) is 42.5 Å². The highest BCUT2D eigenvalue weighted by atomic mass is 35.5. The number of anilines is 1. The number of hydrogen-bond acceptors (Lipinski definition) is 2. The maximum atomic E-state index is 13.4. The Morgan fingerprint density at radius 3 is 2.45 bits per heavy atom. The molecule has 1 amide bonds. The quantitative estimate of drug-likeness (QED) is 0.911. The van der Waals surface area contributed by atoms with E-state index < -0.39 is 17.7 Å². The van der Waals surface area contributed by atoms with Crippen LogP contribution >= 0.6 is 11.6 Å². The lowest BCUT2D eigenvalue weighted by Gasteiger charge is -2.08. The molecule has 2 aromatic rings. The summed E-state index contributed by atoms with van der Waals surface area (Å²) in [6.45, 7) is 0. The van der Waals surface area contributed by atoms with Gasteiger partial charge in [-0.3, -0.25) is 4.79 Å². The van der Waals surface area contributed by atoms with Gasteiger partial charge in [0, 0.05) is 0 Å². The van der Waals surface area contributed by atoms with Gasteiger partial charge in [0.25, 0.3) is 5.91 Å². The third-order valence-electron chi connectivity index (χ3n) is 2.58. The van der Waals surface area contributed by atoms with E-state index in [1.165, 1.54) is 42.5 Å². The summed E-state index contributed by atoms with van der Waals surface area (Å²) in [6, 6.07) is 9.37. The van der Waals surface area contributed by atoms with Crippen LogP contribution in [0.4, 0.5) is 10.1 Å². The van der Waals surface area contributed by atoms with Gasteiger partial charge < -0.3 is 10.4 Å². The van der Waals surface area contributed by atoms with Gasteiger partial charge in [-0.05, 0) is 30.3 Å². The molecule has 0 saturated heterocycles. The minimum absolute atomic E-state index is 0.00103. The average molecular weight is 294 g/mol. The van der Waals surface area contributed by atoms with Crippen molar-refractivity contribution in [2.75, 3.05) is 5.32 Å². The highest BCUT2D eigenvalue weighted by Gasteiger charge is 2.13. The molecule has 0 atom stereocenters. The van der Waals surface area contributed by atoms with Crippen LogP contribution in [0.5, 0.6) is 0 Å². The number of halogens is 2. The third-order valence-corrected chi connectivity index (χ3v) is 2.90. The fourth-order valence-corrected chi connectivity index (χ4v) is 1.81. The number of rotatable bonds is 3. The van der Waals surface area contributed by atoms with E-state index in [9.17, 15) is 14.0 Å². The van der Waals surface area contributed by atoms with Gasteiger partial charge in [-0.25, -0.2) is 9.18 Å². The molecule has 0 saturated carbocycles. The van der Waals surface area contributed by atoms with Crippen molar-refractivity contribution in [3.63, 3.8) is 0 Å². The second-order valence-corrected chi connectivity index (χ2v) is 4.34. The Balaban J connectivity index is 2.25. The molecule has 0 fully saturated rings. The molecule has 0 aliphatic rings. The van der Waals surface area contributed by atoms with Gasteiger partial charge in [0.05, 0.1) is 21.8 Å².